The Morgan fingerprint density at radius 3 is 1.17 bits per heavy atom. The minimum atomic E-state index is -1.32. The first-order valence-electron chi connectivity index (χ1n) is 15.8. The van der Waals surface area contributed by atoms with Gasteiger partial charge in [-0.15, -0.1) is 0 Å². The average molecular weight is 669 g/mol. The largest absolute Gasteiger partial charge is 0.478 e. The van der Waals surface area contributed by atoms with E-state index in [-0.39, 0.29) is 58.1 Å². The molecule has 4 N–H and O–H groups in total. The molecular formula is C36H48N2O10. The third-order valence-electron chi connectivity index (χ3n) is 6.72. The van der Waals surface area contributed by atoms with Crippen molar-refractivity contribution < 1.29 is 48.5 Å². The number of benzene rings is 2. The molecule has 2 rings (SSSR count). The lowest BCUT2D eigenvalue weighted by Gasteiger charge is -2.26. The van der Waals surface area contributed by atoms with Gasteiger partial charge in [0.05, 0.1) is 11.1 Å². The van der Waals surface area contributed by atoms with Crippen LogP contribution in [0.15, 0.2) is 36.4 Å². The van der Waals surface area contributed by atoms with Crippen LogP contribution < -0.4 is 10.6 Å². The van der Waals surface area contributed by atoms with Crippen LogP contribution in [0.3, 0.4) is 0 Å². The van der Waals surface area contributed by atoms with Gasteiger partial charge in [-0.1, -0.05) is 39.8 Å². The molecule has 0 aliphatic carbocycles. The number of hydrogen-bond acceptors (Lipinski definition) is 8. The SMILES string of the molecule is CC(C)CC(NC(=O)c1cc(C(=O)O)ccc1-c1ccc(C(=O)O)cc1C(=O)NC(CC(C)C)C(=O)OC(C)(C)C)C(=O)OC(C)(C)C. The van der Waals surface area contributed by atoms with Gasteiger partial charge in [0, 0.05) is 11.1 Å². The molecule has 0 heterocycles. The number of aromatic carboxylic acids is 2. The predicted molar refractivity (Wildman–Crippen MR) is 179 cm³/mol. The van der Waals surface area contributed by atoms with Gasteiger partial charge >= 0.3 is 23.9 Å². The van der Waals surface area contributed by atoms with Crippen LogP contribution in [-0.4, -0.2) is 69.2 Å². The smallest absolute Gasteiger partial charge is 0.335 e. The lowest BCUT2D eigenvalue weighted by atomic mass is 9.91. The minimum Gasteiger partial charge on any atom is -0.478 e. The van der Waals surface area contributed by atoms with E-state index in [1.165, 1.54) is 24.3 Å². The number of carbonyl (C=O) groups excluding carboxylic acids is 4. The lowest BCUT2D eigenvalue weighted by molar-refractivity contribution is -0.158. The summed E-state index contributed by atoms with van der Waals surface area (Å²) in [5.41, 5.74) is -2.35. The second-order valence-electron chi connectivity index (χ2n) is 14.5. The fraction of sp³-hybridized carbons (Fsp3) is 0.500. The summed E-state index contributed by atoms with van der Waals surface area (Å²) < 4.78 is 11.0. The molecule has 2 atom stereocenters. The lowest BCUT2D eigenvalue weighted by Crippen LogP contribution is -2.45. The van der Waals surface area contributed by atoms with Crippen molar-refractivity contribution >= 4 is 35.7 Å². The number of hydrogen-bond donors (Lipinski definition) is 4. The Labute approximate surface area is 281 Å². The molecule has 0 aliphatic rings. The van der Waals surface area contributed by atoms with Crippen molar-refractivity contribution in [3.63, 3.8) is 0 Å². The summed E-state index contributed by atoms with van der Waals surface area (Å²) in [6.07, 6.45) is 0.439. The number of nitrogens with one attached hydrogen (secondary N) is 2. The first-order valence-corrected chi connectivity index (χ1v) is 15.8. The summed E-state index contributed by atoms with van der Waals surface area (Å²) in [4.78, 5) is 77.8. The molecule has 12 heteroatoms. The van der Waals surface area contributed by atoms with Gasteiger partial charge in [0.15, 0.2) is 0 Å². The number of carboxylic acid groups (broad SMARTS) is 2. The average Bonchev–Trinajstić information content (AvgIpc) is 2.93. The molecule has 0 aliphatic heterocycles. The van der Waals surface area contributed by atoms with E-state index in [9.17, 15) is 39.0 Å². The van der Waals surface area contributed by atoms with Gasteiger partial charge in [-0.05, 0) is 102 Å². The minimum absolute atomic E-state index is 0.0322. The zero-order valence-electron chi connectivity index (χ0n) is 29.3. The van der Waals surface area contributed by atoms with E-state index in [0.29, 0.717) is 0 Å². The number of amides is 2. The predicted octanol–water partition coefficient (Wildman–Crippen LogP) is 5.72. The van der Waals surface area contributed by atoms with Gasteiger partial charge in [0.25, 0.3) is 11.8 Å². The van der Waals surface area contributed by atoms with Crippen LogP contribution in [0.5, 0.6) is 0 Å². The molecule has 12 nitrogen and oxygen atoms in total. The van der Waals surface area contributed by atoms with Crippen molar-refractivity contribution in [2.24, 2.45) is 11.8 Å². The van der Waals surface area contributed by atoms with Crippen molar-refractivity contribution in [1.82, 2.24) is 10.6 Å². The van der Waals surface area contributed by atoms with Gasteiger partial charge in [-0.2, -0.15) is 0 Å². The first kappa shape index (κ1) is 39.4. The van der Waals surface area contributed by atoms with Crippen molar-refractivity contribution in [3.05, 3.63) is 58.7 Å². The Kier molecular flexibility index (Phi) is 13.1. The highest BCUT2D eigenvalue weighted by molar-refractivity contribution is 6.09. The molecule has 2 amide bonds. The van der Waals surface area contributed by atoms with E-state index in [0.717, 1.165) is 12.1 Å². The molecule has 0 radical (unpaired) electrons. The van der Waals surface area contributed by atoms with Crippen molar-refractivity contribution in [2.45, 2.75) is 105 Å². The fourth-order valence-electron chi connectivity index (χ4n) is 4.79. The maximum absolute atomic E-state index is 13.9. The highest BCUT2D eigenvalue weighted by Gasteiger charge is 2.31. The molecule has 0 bridgehead atoms. The van der Waals surface area contributed by atoms with E-state index in [2.05, 4.69) is 10.6 Å². The second-order valence-corrected chi connectivity index (χ2v) is 14.5. The molecule has 262 valence electrons. The second kappa shape index (κ2) is 15.9. The Hall–Kier alpha value is -4.74. The van der Waals surface area contributed by atoms with E-state index < -0.39 is 59.0 Å². The third-order valence-corrected chi connectivity index (χ3v) is 6.72. The van der Waals surface area contributed by atoms with E-state index in [1.807, 2.05) is 27.7 Å². The Morgan fingerprint density at radius 2 is 0.917 bits per heavy atom. The Balaban J connectivity index is 2.74. The van der Waals surface area contributed by atoms with Gasteiger partial charge in [-0.25, -0.2) is 19.2 Å². The van der Waals surface area contributed by atoms with Gasteiger partial charge < -0.3 is 30.3 Å². The monoisotopic (exact) mass is 668 g/mol. The molecule has 2 unspecified atom stereocenters. The molecule has 0 aromatic heterocycles. The standard InChI is InChI=1S/C36H48N2O10/c1-19(2)15-27(33(45)47-35(5,6)7)37-29(39)25-17-21(31(41)42)11-13-23(25)24-14-12-22(32(43)44)18-26(24)30(40)38-28(16-20(3)4)34(46)48-36(8,9)10/h11-14,17-20,27-28H,15-16H2,1-10H3,(H,37,39)(H,38,40)(H,41,42)(H,43,44). The molecule has 48 heavy (non-hydrogen) atoms. The topological polar surface area (TPSA) is 185 Å². The number of carboxylic acids is 2. The summed E-state index contributed by atoms with van der Waals surface area (Å²) in [7, 11) is 0. The molecule has 0 spiro atoms. The summed E-state index contributed by atoms with van der Waals surface area (Å²) in [6.45, 7) is 17.6. The fourth-order valence-corrected chi connectivity index (χ4v) is 4.79. The van der Waals surface area contributed by atoms with Crippen molar-refractivity contribution in [1.29, 1.82) is 0 Å². The summed E-state index contributed by atoms with van der Waals surface area (Å²) in [6, 6.07) is 5.20. The van der Waals surface area contributed by atoms with Crippen LogP contribution in [0.2, 0.25) is 0 Å². The van der Waals surface area contributed by atoms with Crippen LogP contribution in [0.1, 0.15) is 124 Å². The molecular weight excluding hydrogens is 620 g/mol. The van der Waals surface area contributed by atoms with Crippen LogP contribution >= 0.6 is 0 Å². The van der Waals surface area contributed by atoms with Gasteiger partial charge in [0.2, 0.25) is 0 Å². The van der Waals surface area contributed by atoms with Gasteiger partial charge in [0.1, 0.15) is 23.3 Å². The van der Waals surface area contributed by atoms with E-state index in [1.54, 1.807) is 41.5 Å². The van der Waals surface area contributed by atoms with Crippen LogP contribution in [-0.2, 0) is 19.1 Å². The Morgan fingerprint density at radius 1 is 0.604 bits per heavy atom. The van der Waals surface area contributed by atoms with E-state index in [4.69, 9.17) is 9.47 Å². The van der Waals surface area contributed by atoms with E-state index >= 15 is 0 Å². The number of rotatable bonds is 13. The highest BCUT2D eigenvalue weighted by Crippen LogP contribution is 2.30. The van der Waals surface area contributed by atoms with Crippen LogP contribution in [0, 0.1) is 11.8 Å². The molecule has 0 saturated carbocycles. The zero-order valence-corrected chi connectivity index (χ0v) is 29.3. The molecule has 0 saturated heterocycles. The number of esters is 2. The van der Waals surface area contributed by atoms with Crippen molar-refractivity contribution in [2.75, 3.05) is 0 Å². The summed E-state index contributed by atoms with van der Waals surface area (Å²) in [5.74, 6) is -5.70. The third kappa shape index (κ3) is 11.8. The Bertz CT molecular complexity index is 1430. The number of carbonyl (C=O) groups is 6. The maximum Gasteiger partial charge on any atom is 0.335 e. The molecule has 2 aromatic carbocycles. The quantitative estimate of drug-likeness (QED) is 0.192. The number of ether oxygens (including phenoxy) is 2. The first-order chi connectivity index (χ1) is 22.0. The van der Waals surface area contributed by atoms with Crippen LogP contribution in [0.4, 0.5) is 0 Å². The summed E-state index contributed by atoms with van der Waals surface area (Å²) in [5, 5.41) is 24.8. The highest BCUT2D eigenvalue weighted by atomic mass is 16.6. The van der Waals surface area contributed by atoms with Gasteiger partial charge in [-0.3, -0.25) is 9.59 Å². The maximum atomic E-state index is 13.9. The molecule has 2 aromatic rings. The van der Waals surface area contributed by atoms with Crippen molar-refractivity contribution in [3.8, 4) is 11.1 Å². The normalized spacial score (nSPS) is 13.0. The zero-order chi connectivity index (χ0) is 36.7. The van der Waals surface area contributed by atoms with Crippen LogP contribution in [0.25, 0.3) is 11.1 Å². The molecule has 0 fully saturated rings. The summed E-state index contributed by atoms with van der Waals surface area (Å²) >= 11 is 0.